The standard InChI is InChI=1S/C25H22FN/c1-4-10-22(21-12-8-7-11-18(21)5-2)23-13-9-16-27-25(23)20-15-14-19(6-3)24(26)17-20/h4,6-17H,1,3,5H2,2H3. The highest BCUT2D eigenvalue weighted by molar-refractivity contribution is 5.89. The van der Waals surface area contributed by atoms with Crippen LogP contribution in [0, 0.1) is 5.82 Å². The normalized spacial score (nSPS) is 11.3. The fourth-order valence-corrected chi connectivity index (χ4v) is 3.23. The molecule has 2 heteroatoms. The molecule has 0 spiro atoms. The van der Waals surface area contributed by atoms with Crippen LogP contribution in [0.25, 0.3) is 22.9 Å². The van der Waals surface area contributed by atoms with Crippen LogP contribution in [0.3, 0.4) is 0 Å². The molecule has 0 saturated heterocycles. The lowest BCUT2D eigenvalue weighted by Gasteiger charge is -2.16. The molecule has 1 aromatic heterocycles. The number of pyridine rings is 1. The molecule has 0 unspecified atom stereocenters. The average molecular weight is 355 g/mol. The minimum Gasteiger partial charge on any atom is -0.256 e. The van der Waals surface area contributed by atoms with Gasteiger partial charge in [-0.05, 0) is 35.3 Å². The van der Waals surface area contributed by atoms with Gasteiger partial charge in [0, 0.05) is 22.9 Å². The van der Waals surface area contributed by atoms with Gasteiger partial charge in [0.05, 0.1) is 5.69 Å². The van der Waals surface area contributed by atoms with Gasteiger partial charge in [0.2, 0.25) is 0 Å². The number of benzene rings is 2. The number of aromatic nitrogens is 1. The van der Waals surface area contributed by atoms with Crippen molar-refractivity contribution in [1.82, 2.24) is 4.98 Å². The Kier molecular flexibility index (Phi) is 5.77. The van der Waals surface area contributed by atoms with Gasteiger partial charge in [-0.3, -0.25) is 4.98 Å². The van der Waals surface area contributed by atoms with Crippen molar-refractivity contribution in [2.75, 3.05) is 0 Å². The molecular weight excluding hydrogens is 333 g/mol. The Labute approximate surface area is 160 Å². The SMILES string of the molecule is C=CC=C(c1ccccc1CC)c1cccnc1-c1ccc(C=C)c(F)c1. The first-order chi connectivity index (χ1) is 13.2. The highest BCUT2D eigenvalue weighted by atomic mass is 19.1. The summed E-state index contributed by atoms with van der Waals surface area (Å²) in [4.78, 5) is 4.56. The van der Waals surface area contributed by atoms with Crippen molar-refractivity contribution < 1.29 is 4.39 Å². The zero-order valence-corrected chi connectivity index (χ0v) is 15.5. The third-order valence-electron chi connectivity index (χ3n) is 4.56. The first kappa shape index (κ1) is 18.5. The molecule has 0 amide bonds. The average Bonchev–Trinajstić information content (AvgIpc) is 2.72. The van der Waals surface area contributed by atoms with E-state index < -0.39 is 0 Å². The van der Waals surface area contributed by atoms with Gasteiger partial charge in [-0.2, -0.15) is 0 Å². The number of aryl methyl sites for hydroxylation is 1. The minimum atomic E-state index is -0.303. The van der Waals surface area contributed by atoms with Gasteiger partial charge < -0.3 is 0 Å². The molecule has 27 heavy (non-hydrogen) atoms. The van der Waals surface area contributed by atoms with Crippen LogP contribution in [0.1, 0.15) is 29.2 Å². The number of rotatable bonds is 6. The van der Waals surface area contributed by atoms with E-state index in [9.17, 15) is 4.39 Å². The highest BCUT2D eigenvalue weighted by Crippen LogP contribution is 2.33. The lowest BCUT2D eigenvalue weighted by Crippen LogP contribution is -1.98. The molecule has 0 saturated carbocycles. The summed E-state index contributed by atoms with van der Waals surface area (Å²) in [6.45, 7) is 9.66. The van der Waals surface area contributed by atoms with Gasteiger partial charge in [0.15, 0.2) is 0 Å². The summed E-state index contributed by atoms with van der Waals surface area (Å²) in [6.07, 6.45) is 7.93. The van der Waals surface area contributed by atoms with Crippen molar-refractivity contribution in [2.45, 2.75) is 13.3 Å². The van der Waals surface area contributed by atoms with Crippen LogP contribution in [0.2, 0.25) is 0 Å². The van der Waals surface area contributed by atoms with E-state index in [-0.39, 0.29) is 5.82 Å². The fraction of sp³-hybridized carbons (Fsp3) is 0.0800. The van der Waals surface area contributed by atoms with E-state index in [1.807, 2.05) is 36.4 Å². The van der Waals surface area contributed by atoms with Gasteiger partial charge in [0.1, 0.15) is 5.82 Å². The van der Waals surface area contributed by atoms with E-state index in [4.69, 9.17) is 0 Å². The third-order valence-corrected chi connectivity index (χ3v) is 4.56. The molecule has 1 nitrogen and oxygen atoms in total. The van der Waals surface area contributed by atoms with Crippen LogP contribution < -0.4 is 0 Å². The first-order valence-electron chi connectivity index (χ1n) is 8.98. The van der Waals surface area contributed by atoms with Gasteiger partial charge in [0.25, 0.3) is 0 Å². The molecule has 0 N–H and O–H groups in total. The number of hydrogen-bond donors (Lipinski definition) is 0. The predicted octanol–water partition coefficient (Wildman–Crippen LogP) is 6.71. The summed E-state index contributed by atoms with van der Waals surface area (Å²) in [7, 11) is 0. The smallest absolute Gasteiger partial charge is 0.131 e. The van der Waals surface area contributed by atoms with E-state index >= 15 is 0 Å². The second kappa shape index (κ2) is 8.41. The Morgan fingerprint density at radius 2 is 1.81 bits per heavy atom. The Hall–Kier alpha value is -3.26. The molecular formula is C25H22FN. The summed E-state index contributed by atoms with van der Waals surface area (Å²) in [5.74, 6) is -0.303. The van der Waals surface area contributed by atoms with Crippen LogP contribution in [-0.4, -0.2) is 4.98 Å². The molecule has 3 aromatic rings. The first-order valence-corrected chi connectivity index (χ1v) is 8.98. The molecule has 0 bridgehead atoms. The second-order valence-corrected chi connectivity index (χ2v) is 6.17. The molecule has 0 radical (unpaired) electrons. The lowest BCUT2D eigenvalue weighted by atomic mass is 9.90. The maximum Gasteiger partial charge on any atom is 0.131 e. The van der Waals surface area contributed by atoms with E-state index in [0.29, 0.717) is 5.56 Å². The zero-order valence-electron chi connectivity index (χ0n) is 15.5. The number of halogens is 1. The van der Waals surface area contributed by atoms with E-state index in [1.165, 1.54) is 17.7 Å². The Morgan fingerprint density at radius 1 is 1.04 bits per heavy atom. The highest BCUT2D eigenvalue weighted by Gasteiger charge is 2.15. The summed E-state index contributed by atoms with van der Waals surface area (Å²) >= 11 is 0. The Balaban J connectivity index is 2.22. The summed E-state index contributed by atoms with van der Waals surface area (Å²) in [6, 6.07) is 17.3. The largest absolute Gasteiger partial charge is 0.256 e. The molecule has 0 aliphatic heterocycles. The molecule has 3 rings (SSSR count). The maximum atomic E-state index is 14.3. The Bertz CT molecular complexity index is 1010. The minimum absolute atomic E-state index is 0.303. The van der Waals surface area contributed by atoms with Crippen LogP contribution in [0.15, 0.2) is 86.1 Å². The van der Waals surface area contributed by atoms with Crippen LogP contribution in [0.4, 0.5) is 4.39 Å². The predicted molar refractivity (Wildman–Crippen MR) is 113 cm³/mol. The third kappa shape index (κ3) is 3.80. The van der Waals surface area contributed by atoms with Crippen LogP contribution >= 0.6 is 0 Å². The summed E-state index contributed by atoms with van der Waals surface area (Å²) in [5.41, 5.74) is 6.31. The molecule has 134 valence electrons. The van der Waals surface area contributed by atoms with E-state index in [0.717, 1.165) is 34.4 Å². The fourth-order valence-electron chi connectivity index (χ4n) is 3.23. The molecule has 1 heterocycles. The monoisotopic (exact) mass is 355 g/mol. The van der Waals surface area contributed by atoms with Crippen LogP contribution in [0.5, 0.6) is 0 Å². The van der Waals surface area contributed by atoms with Crippen molar-refractivity contribution in [3.63, 3.8) is 0 Å². The number of allylic oxidation sites excluding steroid dienone is 2. The van der Waals surface area contributed by atoms with Crippen molar-refractivity contribution in [1.29, 1.82) is 0 Å². The van der Waals surface area contributed by atoms with Crippen molar-refractivity contribution in [3.8, 4) is 11.3 Å². The van der Waals surface area contributed by atoms with E-state index in [1.54, 1.807) is 18.3 Å². The van der Waals surface area contributed by atoms with Crippen molar-refractivity contribution in [2.24, 2.45) is 0 Å². The molecule has 0 aliphatic carbocycles. The summed E-state index contributed by atoms with van der Waals surface area (Å²) < 4.78 is 14.3. The zero-order chi connectivity index (χ0) is 19.2. The molecule has 2 aromatic carbocycles. The molecule has 0 fully saturated rings. The Morgan fingerprint density at radius 3 is 2.52 bits per heavy atom. The second-order valence-electron chi connectivity index (χ2n) is 6.17. The summed E-state index contributed by atoms with van der Waals surface area (Å²) in [5, 5.41) is 0. The lowest BCUT2D eigenvalue weighted by molar-refractivity contribution is 0.625. The topological polar surface area (TPSA) is 12.9 Å². The number of nitrogens with zero attached hydrogens (tertiary/aromatic N) is 1. The van der Waals surface area contributed by atoms with Crippen molar-refractivity contribution in [3.05, 3.63) is 114 Å². The molecule has 0 atom stereocenters. The maximum absolute atomic E-state index is 14.3. The van der Waals surface area contributed by atoms with Gasteiger partial charge in [-0.1, -0.05) is 80.8 Å². The van der Waals surface area contributed by atoms with Gasteiger partial charge >= 0.3 is 0 Å². The van der Waals surface area contributed by atoms with Gasteiger partial charge in [-0.25, -0.2) is 4.39 Å². The van der Waals surface area contributed by atoms with Crippen molar-refractivity contribution >= 4 is 11.6 Å². The molecule has 0 aliphatic rings. The van der Waals surface area contributed by atoms with E-state index in [2.05, 4.69) is 37.2 Å². The van der Waals surface area contributed by atoms with Gasteiger partial charge in [-0.15, -0.1) is 0 Å². The van der Waals surface area contributed by atoms with Crippen LogP contribution in [-0.2, 0) is 6.42 Å². The quantitative estimate of drug-likeness (QED) is 0.448. The number of hydrogen-bond acceptors (Lipinski definition) is 1.